The number of aliphatic hydroxyl groups is 2. The number of carbonyl (C=O) groups is 10. The van der Waals surface area contributed by atoms with Crippen LogP contribution < -0.4 is 54.0 Å². The lowest BCUT2D eigenvalue weighted by Gasteiger charge is -2.29. The number of aliphatic imine (C=N–C) groups is 1. The van der Waals surface area contributed by atoms with Crippen molar-refractivity contribution >= 4 is 77.8 Å². The Kier molecular flexibility index (Phi) is 25.3. The van der Waals surface area contributed by atoms with E-state index in [0.29, 0.717) is 30.6 Å². The first-order chi connectivity index (χ1) is 32.6. The number of benzene rings is 1. The molecular weight excluding hydrogens is 931 g/mol. The summed E-state index contributed by atoms with van der Waals surface area (Å²) in [5.74, 6) is -12.5. The van der Waals surface area contributed by atoms with E-state index in [-0.39, 0.29) is 43.9 Å². The second kappa shape index (κ2) is 29.9. The Labute approximate surface area is 402 Å². The predicted molar refractivity (Wildman–Crippen MR) is 248 cm³/mol. The molecule has 26 nitrogen and oxygen atoms in total. The van der Waals surface area contributed by atoms with Crippen molar-refractivity contribution in [2.24, 2.45) is 22.4 Å². The van der Waals surface area contributed by atoms with E-state index >= 15 is 0 Å². The fraction of sp³-hybridized carbons (Fsp3) is 0.595. The van der Waals surface area contributed by atoms with Gasteiger partial charge >= 0.3 is 11.9 Å². The molecule has 1 aromatic carbocycles. The van der Waals surface area contributed by atoms with E-state index in [2.05, 4.69) is 60.2 Å². The van der Waals surface area contributed by atoms with Crippen molar-refractivity contribution in [3.63, 3.8) is 0 Å². The summed E-state index contributed by atoms with van der Waals surface area (Å²) < 4.78 is 0. The van der Waals surface area contributed by atoms with Crippen molar-refractivity contribution in [2.45, 2.75) is 126 Å². The Morgan fingerprint density at radius 1 is 0.580 bits per heavy atom. The highest BCUT2D eigenvalue weighted by molar-refractivity contribution is 7.80. The molecule has 0 saturated carbocycles. The third-order valence-electron chi connectivity index (χ3n) is 10.5. The Balaban J connectivity index is 2.80. The number of carbonyl (C=O) groups excluding carboxylic acids is 8. The minimum atomic E-state index is -1.96. The lowest BCUT2D eigenvalue weighted by molar-refractivity contribution is -0.142. The van der Waals surface area contributed by atoms with Crippen LogP contribution >= 0.6 is 12.6 Å². The summed E-state index contributed by atoms with van der Waals surface area (Å²) in [7, 11) is 0. The highest BCUT2D eigenvalue weighted by Crippen LogP contribution is 2.14. The Bertz CT molecular complexity index is 1990. The number of hydrogen-bond donors (Lipinski definition) is 16. The van der Waals surface area contributed by atoms with Crippen LogP contribution in [-0.2, 0) is 54.4 Å². The Morgan fingerprint density at radius 2 is 1.01 bits per heavy atom. The van der Waals surface area contributed by atoms with Gasteiger partial charge in [0.2, 0.25) is 47.3 Å². The number of unbranched alkanes of at least 4 members (excludes halogenated alkanes) is 2. The lowest BCUT2D eigenvalue weighted by Crippen LogP contribution is -2.62. The van der Waals surface area contributed by atoms with Gasteiger partial charge in [0.05, 0.1) is 19.6 Å². The topological polar surface area (TPSA) is 432 Å². The van der Waals surface area contributed by atoms with Crippen LogP contribution in [0.2, 0.25) is 0 Å². The van der Waals surface area contributed by atoms with Crippen molar-refractivity contribution in [2.75, 3.05) is 25.5 Å². The van der Waals surface area contributed by atoms with Gasteiger partial charge in [-0.3, -0.25) is 52.9 Å². The van der Waals surface area contributed by atoms with Crippen molar-refractivity contribution in [1.29, 1.82) is 0 Å². The quantitative estimate of drug-likeness (QED) is 0.0268. The van der Waals surface area contributed by atoms with E-state index in [1.165, 1.54) is 24.3 Å². The molecule has 384 valence electrons. The monoisotopic (exact) mass is 995 g/mol. The average Bonchev–Trinajstić information content (AvgIpc) is 3.28. The predicted octanol–water partition coefficient (Wildman–Crippen LogP) is -4.65. The first-order valence-electron chi connectivity index (χ1n) is 22.1. The summed E-state index contributed by atoms with van der Waals surface area (Å²) in [6, 6.07) is -7.98. The zero-order chi connectivity index (χ0) is 51.8. The highest BCUT2D eigenvalue weighted by Gasteiger charge is 2.37. The zero-order valence-corrected chi connectivity index (χ0v) is 39.2. The van der Waals surface area contributed by atoms with Crippen LogP contribution in [0.15, 0.2) is 29.3 Å². The molecule has 0 spiro atoms. The fourth-order valence-electron chi connectivity index (χ4n) is 6.75. The van der Waals surface area contributed by atoms with Gasteiger partial charge in [-0.25, -0.2) is 0 Å². The summed E-state index contributed by atoms with van der Waals surface area (Å²) in [5, 5.41) is 68.1. The van der Waals surface area contributed by atoms with Crippen LogP contribution in [0.4, 0.5) is 0 Å². The number of carboxylic acids is 2. The second-order valence-electron chi connectivity index (χ2n) is 16.4. The maximum atomic E-state index is 14.3. The van der Waals surface area contributed by atoms with Crippen molar-refractivity contribution in [1.82, 2.24) is 42.5 Å². The van der Waals surface area contributed by atoms with E-state index in [1.54, 1.807) is 13.8 Å². The number of nitrogens with zero attached hydrogens (tertiary/aromatic N) is 1. The molecule has 0 radical (unpaired) electrons. The number of thiol groups is 1. The Morgan fingerprint density at radius 3 is 1.51 bits per heavy atom. The van der Waals surface area contributed by atoms with E-state index < -0.39 is 146 Å². The first kappa shape index (κ1) is 58.4. The molecule has 1 aromatic rings. The number of nitrogens with two attached hydrogens (primary N) is 2. The molecular formula is C42H65N11O15S. The van der Waals surface area contributed by atoms with Gasteiger partial charge in [-0.15, -0.1) is 0 Å². The smallest absolute Gasteiger partial charge is 0.305 e. The van der Waals surface area contributed by atoms with E-state index in [4.69, 9.17) is 11.5 Å². The molecule has 17 N–H and O–H groups in total. The molecule has 1 saturated heterocycles. The number of phenolic OH excluding ortho intramolecular Hbond substituents is 1. The summed E-state index contributed by atoms with van der Waals surface area (Å²) >= 11 is 4.23. The van der Waals surface area contributed by atoms with Gasteiger partial charge in [0, 0.05) is 19.4 Å². The van der Waals surface area contributed by atoms with Crippen LogP contribution in [0, 0.1) is 5.92 Å². The fourth-order valence-corrected chi connectivity index (χ4v) is 6.97. The third-order valence-corrected chi connectivity index (χ3v) is 10.9. The van der Waals surface area contributed by atoms with E-state index in [1.807, 2.05) is 0 Å². The minimum absolute atomic E-state index is 0.00319. The molecule has 1 aliphatic heterocycles. The van der Waals surface area contributed by atoms with Gasteiger partial charge in [-0.05, 0) is 61.5 Å². The third kappa shape index (κ3) is 21.0. The van der Waals surface area contributed by atoms with Crippen LogP contribution in [0.5, 0.6) is 5.75 Å². The summed E-state index contributed by atoms with van der Waals surface area (Å²) in [5.41, 5.74) is 11.2. The molecule has 1 aliphatic rings. The molecule has 0 aliphatic carbocycles. The number of guanidine groups is 1. The van der Waals surface area contributed by atoms with Gasteiger partial charge in [0.15, 0.2) is 5.96 Å². The number of phenols is 1. The van der Waals surface area contributed by atoms with Gasteiger partial charge in [-0.1, -0.05) is 38.8 Å². The van der Waals surface area contributed by atoms with Crippen LogP contribution in [0.25, 0.3) is 0 Å². The number of aromatic hydroxyl groups is 1. The van der Waals surface area contributed by atoms with Gasteiger partial charge < -0.3 is 79.5 Å². The molecule has 0 unspecified atom stereocenters. The second-order valence-corrected chi connectivity index (χ2v) is 16.9. The Hall–Kier alpha value is -6.74. The maximum Gasteiger partial charge on any atom is 0.305 e. The SMILES string of the molecule is CC(C)[C@@H]1NC(=O)[C@H](CCCN=C(N)N)NC(=O)[C@@H](CC(=O)O)NC(=O)[C@H](CO)NC(=O)[C@@H](CO)NC(=O)[C@@H](CCC(=O)O)NC(=O)[C@H](Cc2ccc(O)cc2)NC(=O)[C@H](CCCCCS)NC1=O. The van der Waals surface area contributed by atoms with Gasteiger partial charge in [0.25, 0.3) is 0 Å². The molecule has 8 atom stereocenters. The van der Waals surface area contributed by atoms with Crippen LogP contribution in [0.1, 0.15) is 77.2 Å². The molecule has 1 fully saturated rings. The number of hydrogen-bond acceptors (Lipinski definition) is 15. The largest absolute Gasteiger partial charge is 0.508 e. The summed E-state index contributed by atoms with van der Waals surface area (Å²) in [6.07, 6.45) is -1.29. The number of carboxylic acid groups (broad SMARTS) is 2. The summed E-state index contributed by atoms with van der Waals surface area (Å²) in [4.78, 5) is 138. The van der Waals surface area contributed by atoms with Crippen molar-refractivity contribution in [3.05, 3.63) is 29.8 Å². The van der Waals surface area contributed by atoms with E-state index in [0.717, 1.165) is 0 Å². The lowest BCUT2D eigenvalue weighted by atomic mass is 9.99. The van der Waals surface area contributed by atoms with Crippen molar-refractivity contribution < 1.29 is 73.5 Å². The number of amides is 8. The molecule has 69 heavy (non-hydrogen) atoms. The molecule has 1 heterocycles. The van der Waals surface area contributed by atoms with Crippen LogP contribution in [0.3, 0.4) is 0 Å². The molecule has 0 bridgehead atoms. The van der Waals surface area contributed by atoms with E-state index in [9.17, 15) is 73.5 Å². The first-order valence-corrected chi connectivity index (χ1v) is 22.8. The minimum Gasteiger partial charge on any atom is -0.508 e. The molecule has 0 aromatic heterocycles. The number of nitrogens with one attached hydrogen (secondary N) is 8. The molecule has 8 amide bonds. The molecule has 27 heteroatoms. The standard InChI is InChI=1S/C42H65N11O15S/c1-21(2)33-41(68)48-24(7-4-3-5-16-69)34(61)49-27(17-22-9-11-23(56)12-10-22)37(64)47-26(13-14-31(57)58)35(62)51-30(20-55)40(67)52-29(19-54)39(66)50-28(18-32(59)60)38(65)46-25(36(63)53-33)8-6-15-45-42(43)44/h9-12,21,24-30,33,54-56,69H,3-8,13-20H2,1-2H3,(H,46,65)(H,47,64)(H,48,68)(H,49,61)(H,50,66)(H,51,62)(H,52,67)(H,53,63)(H,57,58)(H,59,60)(H4,43,44,45)/t24-,25-,26+,27-,28+,29-,30+,33-/m0/s1. The number of rotatable bonds is 19. The van der Waals surface area contributed by atoms with Crippen molar-refractivity contribution in [3.8, 4) is 5.75 Å². The molecule has 2 rings (SSSR count). The van der Waals surface area contributed by atoms with Crippen LogP contribution in [-0.4, -0.2) is 165 Å². The highest BCUT2D eigenvalue weighted by atomic mass is 32.1. The summed E-state index contributed by atoms with van der Waals surface area (Å²) in [6.45, 7) is 0.755. The van der Waals surface area contributed by atoms with Gasteiger partial charge in [0.1, 0.15) is 54.1 Å². The number of aliphatic carboxylic acids is 2. The normalized spacial score (nSPS) is 23.9. The zero-order valence-electron chi connectivity index (χ0n) is 38.3. The number of aliphatic hydroxyl groups excluding tert-OH is 2. The average molecular weight is 996 g/mol. The maximum absolute atomic E-state index is 14.3. The van der Waals surface area contributed by atoms with Gasteiger partial charge in [-0.2, -0.15) is 12.6 Å².